The molecule has 0 bridgehead atoms. The second kappa shape index (κ2) is 7.67. The van der Waals surface area contributed by atoms with Gasteiger partial charge in [-0.1, -0.05) is 18.2 Å². The fraction of sp³-hybridized carbons (Fsp3) is 0. The Morgan fingerprint density at radius 1 is 0.550 bits per heavy atom. The van der Waals surface area contributed by atoms with E-state index in [0.29, 0.717) is 22.3 Å². The lowest BCUT2D eigenvalue weighted by Gasteiger charge is -1.88. The Bertz CT molecular complexity index is 702. The Labute approximate surface area is 117 Å². The quantitative estimate of drug-likeness (QED) is 0.724. The lowest BCUT2D eigenvalue weighted by molar-refractivity contribution is 1.43. The molecule has 2 rings (SSSR count). The molecule has 4 heteroatoms. The first-order valence-electron chi connectivity index (χ1n) is 5.54. The molecule has 0 N–H and O–H groups in total. The summed E-state index contributed by atoms with van der Waals surface area (Å²) in [7, 11) is 0. The van der Waals surface area contributed by atoms with E-state index in [0.717, 1.165) is 0 Å². The van der Waals surface area contributed by atoms with Crippen LogP contribution in [0.1, 0.15) is 22.3 Å². The molecular weight excluding hydrogens is 248 g/mol. The van der Waals surface area contributed by atoms with Gasteiger partial charge in [-0.3, -0.25) is 0 Å². The van der Waals surface area contributed by atoms with Crippen LogP contribution in [0.15, 0.2) is 48.5 Å². The number of nitriles is 4. The summed E-state index contributed by atoms with van der Waals surface area (Å²) in [5, 5.41) is 33.7. The number of rotatable bonds is 0. The molecule has 2 aromatic rings. The van der Waals surface area contributed by atoms with Crippen molar-refractivity contribution < 1.29 is 0 Å². The van der Waals surface area contributed by atoms with Gasteiger partial charge in [-0.05, 0) is 30.3 Å². The largest absolute Gasteiger partial charge is 0.192 e. The van der Waals surface area contributed by atoms with Crippen LogP contribution in [0.25, 0.3) is 0 Å². The maximum absolute atomic E-state index is 8.45. The van der Waals surface area contributed by atoms with Crippen molar-refractivity contribution in [3.8, 4) is 24.3 Å². The van der Waals surface area contributed by atoms with Gasteiger partial charge in [-0.15, -0.1) is 0 Å². The highest BCUT2D eigenvalue weighted by atomic mass is 14.3. The van der Waals surface area contributed by atoms with Gasteiger partial charge in [0.05, 0.1) is 34.4 Å². The second-order valence-electron chi connectivity index (χ2n) is 3.57. The van der Waals surface area contributed by atoms with Crippen LogP contribution in [0.4, 0.5) is 0 Å². The van der Waals surface area contributed by atoms with Crippen molar-refractivity contribution in [3.63, 3.8) is 0 Å². The van der Waals surface area contributed by atoms with Crippen LogP contribution < -0.4 is 0 Å². The Balaban J connectivity index is 0.000000200. The summed E-state index contributed by atoms with van der Waals surface area (Å²) < 4.78 is 0. The highest BCUT2D eigenvalue weighted by Crippen LogP contribution is 2.04. The minimum Gasteiger partial charge on any atom is -0.192 e. The third kappa shape index (κ3) is 4.01. The van der Waals surface area contributed by atoms with E-state index >= 15 is 0 Å². The molecule has 4 nitrogen and oxygen atoms in total. The van der Waals surface area contributed by atoms with Gasteiger partial charge in [0.25, 0.3) is 0 Å². The van der Waals surface area contributed by atoms with Gasteiger partial charge >= 0.3 is 0 Å². The Hall–Kier alpha value is -3.60. The molecule has 0 unspecified atom stereocenters. The van der Waals surface area contributed by atoms with Crippen molar-refractivity contribution in [1.29, 1.82) is 21.0 Å². The zero-order chi connectivity index (χ0) is 14.8. The van der Waals surface area contributed by atoms with Gasteiger partial charge in [0, 0.05) is 0 Å². The van der Waals surface area contributed by atoms with Crippen molar-refractivity contribution in [2.75, 3.05) is 0 Å². The molecule has 0 aromatic heterocycles. The average molecular weight is 256 g/mol. The van der Waals surface area contributed by atoms with Crippen LogP contribution in [-0.4, -0.2) is 0 Å². The zero-order valence-electron chi connectivity index (χ0n) is 10.4. The lowest BCUT2D eigenvalue weighted by Crippen LogP contribution is -1.79. The van der Waals surface area contributed by atoms with E-state index in [4.69, 9.17) is 21.0 Å². The van der Waals surface area contributed by atoms with Gasteiger partial charge in [-0.25, -0.2) is 0 Å². The smallest absolute Gasteiger partial charge is 0.101 e. The number of nitrogens with zero attached hydrogens (tertiary/aromatic N) is 4. The van der Waals surface area contributed by atoms with Crippen molar-refractivity contribution in [1.82, 2.24) is 0 Å². The molecule has 20 heavy (non-hydrogen) atoms. The van der Waals surface area contributed by atoms with Gasteiger partial charge < -0.3 is 0 Å². The molecular formula is C16H8N4. The van der Waals surface area contributed by atoms with Crippen LogP contribution in [0.3, 0.4) is 0 Å². The van der Waals surface area contributed by atoms with Gasteiger partial charge in [0.15, 0.2) is 0 Å². The normalized spacial score (nSPS) is 7.80. The molecule has 0 saturated heterocycles. The van der Waals surface area contributed by atoms with E-state index < -0.39 is 0 Å². The predicted molar refractivity (Wildman–Crippen MR) is 71.7 cm³/mol. The van der Waals surface area contributed by atoms with Gasteiger partial charge in [0.2, 0.25) is 0 Å². The summed E-state index contributed by atoms with van der Waals surface area (Å²) in [6, 6.07) is 21.0. The molecule has 92 valence electrons. The molecule has 0 heterocycles. The monoisotopic (exact) mass is 256 g/mol. The Morgan fingerprint density at radius 3 is 1.35 bits per heavy atom. The minimum absolute atomic E-state index is 0.435. The average Bonchev–Trinajstić information content (AvgIpc) is 2.55. The molecule has 0 saturated carbocycles. The third-order valence-corrected chi connectivity index (χ3v) is 2.29. The maximum atomic E-state index is 8.45. The van der Waals surface area contributed by atoms with Crippen LogP contribution >= 0.6 is 0 Å². The topological polar surface area (TPSA) is 95.2 Å². The van der Waals surface area contributed by atoms with Crippen molar-refractivity contribution >= 4 is 0 Å². The van der Waals surface area contributed by atoms with E-state index in [1.54, 1.807) is 48.5 Å². The summed E-state index contributed by atoms with van der Waals surface area (Å²) in [6.45, 7) is 0. The first kappa shape index (κ1) is 14.5. The molecule has 0 fully saturated rings. The van der Waals surface area contributed by atoms with E-state index in [-0.39, 0.29) is 0 Å². The predicted octanol–water partition coefficient (Wildman–Crippen LogP) is 2.86. The third-order valence-electron chi connectivity index (χ3n) is 2.29. The fourth-order valence-corrected chi connectivity index (χ4v) is 1.34. The molecule has 0 amide bonds. The molecule has 0 spiro atoms. The van der Waals surface area contributed by atoms with Gasteiger partial charge in [0.1, 0.15) is 12.1 Å². The van der Waals surface area contributed by atoms with Crippen LogP contribution in [0.5, 0.6) is 0 Å². The van der Waals surface area contributed by atoms with Crippen molar-refractivity contribution in [2.24, 2.45) is 0 Å². The standard InChI is InChI=1S/2C8H4N2/c9-5-7-2-1-3-8(4-7)6-10;9-5-7-3-1-2-4-8(7)6-10/h2*1-4H. The minimum atomic E-state index is 0.435. The molecule has 0 aliphatic rings. The summed E-state index contributed by atoms with van der Waals surface area (Å²) in [4.78, 5) is 0. The molecule has 0 atom stereocenters. The first-order chi connectivity index (χ1) is 9.74. The summed E-state index contributed by atoms with van der Waals surface area (Å²) >= 11 is 0. The van der Waals surface area contributed by atoms with E-state index in [2.05, 4.69) is 0 Å². The fourth-order valence-electron chi connectivity index (χ4n) is 1.34. The summed E-state index contributed by atoms with van der Waals surface area (Å²) in [5.41, 5.74) is 1.92. The first-order valence-corrected chi connectivity index (χ1v) is 5.54. The van der Waals surface area contributed by atoms with E-state index in [9.17, 15) is 0 Å². The van der Waals surface area contributed by atoms with E-state index in [1.165, 1.54) is 0 Å². The summed E-state index contributed by atoms with van der Waals surface area (Å²) in [6.07, 6.45) is 0. The van der Waals surface area contributed by atoms with Crippen LogP contribution in [0.2, 0.25) is 0 Å². The van der Waals surface area contributed by atoms with E-state index in [1.807, 2.05) is 24.3 Å². The maximum Gasteiger partial charge on any atom is 0.101 e. The summed E-state index contributed by atoms with van der Waals surface area (Å²) in [5.74, 6) is 0. The highest BCUT2D eigenvalue weighted by Gasteiger charge is 1.95. The van der Waals surface area contributed by atoms with Crippen LogP contribution in [-0.2, 0) is 0 Å². The Morgan fingerprint density at radius 2 is 1.00 bits per heavy atom. The number of hydrogen-bond acceptors (Lipinski definition) is 4. The highest BCUT2D eigenvalue weighted by molar-refractivity contribution is 5.44. The van der Waals surface area contributed by atoms with Crippen molar-refractivity contribution in [3.05, 3.63) is 70.8 Å². The lowest BCUT2D eigenvalue weighted by atomic mass is 10.1. The Kier molecular flexibility index (Phi) is 5.55. The number of hydrogen-bond donors (Lipinski definition) is 0. The second-order valence-corrected chi connectivity index (χ2v) is 3.57. The number of benzene rings is 2. The molecule has 0 aliphatic heterocycles. The van der Waals surface area contributed by atoms with Crippen LogP contribution in [0, 0.1) is 45.3 Å². The molecule has 0 aliphatic carbocycles. The molecule has 2 aromatic carbocycles. The SMILES string of the molecule is N#Cc1cccc(C#N)c1.N#Cc1ccccc1C#N. The molecule has 0 radical (unpaired) electrons. The van der Waals surface area contributed by atoms with Crippen molar-refractivity contribution in [2.45, 2.75) is 0 Å². The van der Waals surface area contributed by atoms with Gasteiger partial charge in [-0.2, -0.15) is 21.0 Å². The zero-order valence-corrected chi connectivity index (χ0v) is 10.4.